The smallest absolute Gasteiger partial charge is 0.405 e. The molecule has 23 heavy (non-hydrogen) atoms. The largest absolute Gasteiger partial charge is 0.573 e. The van der Waals surface area contributed by atoms with Crippen LogP contribution in [0.2, 0.25) is 0 Å². The minimum absolute atomic E-state index is 0.571. The highest BCUT2D eigenvalue weighted by molar-refractivity contribution is 7.92. The van der Waals surface area contributed by atoms with Crippen molar-refractivity contribution in [2.75, 3.05) is 0 Å². The van der Waals surface area contributed by atoms with Gasteiger partial charge in [0, 0.05) is 0 Å². The lowest BCUT2D eigenvalue weighted by Gasteiger charge is -2.21. The molecule has 0 aliphatic heterocycles. The Morgan fingerprint density at radius 3 is 1.87 bits per heavy atom. The Hall–Kier alpha value is -2.16. The van der Waals surface area contributed by atoms with Crippen LogP contribution in [0.4, 0.5) is 22.0 Å². The molecular weight excluding hydrogens is 343 g/mol. The lowest BCUT2D eigenvalue weighted by atomic mass is 10.2. The highest BCUT2D eigenvalue weighted by atomic mass is 32.2. The number of ether oxygens (including phenoxy) is 1. The van der Waals surface area contributed by atoms with Crippen molar-refractivity contribution in [3.05, 3.63) is 60.2 Å². The molecule has 124 valence electrons. The summed E-state index contributed by atoms with van der Waals surface area (Å²) in [6, 6.07) is 8.93. The Balaban J connectivity index is 2.57. The van der Waals surface area contributed by atoms with Crippen molar-refractivity contribution in [1.29, 1.82) is 0 Å². The number of para-hydroxylation sites is 1. The van der Waals surface area contributed by atoms with Gasteiger partial charge in [-0.3, -0.25) is 0 Å². The molecule has 0 atom stereocenters. The predicted molar refractivity (Wildman–Crippen MR) is 70.6 cm³/mol. The first-order chi connectivity index (χ1) is 10.6. The zero-order valence-electron chi connectivity index (χ0n) is 11.2. The second-order valence-corrected chi connectivity index (χ2v) is 6.37. The average molecular weight is 352 g/mol. The number of sulfone groups is 1. The molecule has 0 unspecified atom stereocenters. The van der Waals surface area contributed by atoms with Gasteiger partial charge in [0.25, 0.3) is 0 Å². The molecule has 0 aliphatic rings. The van der Waals surface area contributed by atoms with Gasteiger partial charge in [-0.2, -0.15) is 8.78 Å². The molecule has 0 N–H and O–H groups in total. The molecule has 2 aromatic carbocycles. The predicted octanol–water partition coefficient (Wildman–Crippen LogP) is 4.11. The van der Waals surface area contributed by atoms with E-state index in [9.17, 15) is 30.4 Å². The summed E-state index contributed by atoms with van der Waals surface area (Å²) < 4.78 is 93.5. The molecule has 2 rings (SSSR count). The van der Waals surface area contributed by atoms with Crippen LogP contribution < -0.4 is 4.74 Å². The summed E-state index contributed by atoms with van der Waals surface area (Å²) in [6.07, 6.45) is -5.23. The van der Waals surface area contributed by atoms with E-state index in [1.54, 1.807) is 0 Å². The molecule has 0 spiro atoms. The first-order valence-corrected chi connectivity index (χ1v) is 7.57. The van der Waals surface area contributed by atoms with Crippen LogP contribution in [0, 0.1) is 0 Å². The third-order valence-electron chi connectivity index (χ3n) is 2.82. The monoisotopic (exact) mass is 352 g/mol. The Kier molecular flexibility index (Phi) is 4.34. The lowest BCUT2D eigenvalue weighted by molar-refractivity contribution is -0.275. The van der Waals surface area contributed by atoms with E-state index in [2.05, 4.69) is 4.74 Å². The number of benzene rings is 2. The van der Waals surface area contributed by atoms with Crippen molar-refractivity contribution in [3.8, 4) is 5.75 Å². The molecule has 0 radical (unpaired) electrons. The maximum absolute atomic E-state index is 14.4. The lowest BCUT2D eigenvalue weighted by Crippen LogP contribution is -2.28. The topological polar surface area (TPSA) is 43.4 Å². The van der Waals surface area contributed by atoms with E-state index in [0.29, 0.717) is 12.1 Å². The van der Waals surface area contributed by atoms with Gasteiger partial charge in [-0.05, 0) is 24.3 Å². The van der Waals surface area contributed by atoms with E-state index < -0.39 is 37.7 Å². The summed E-state index contributed by atoms with van der Waals surface area (Å²) in [4.78, 5) is -0.716. The first kappa shape index (κ1) is 17.2. The van der Waals surface area contributed by atoms with Crippen LogP contribution in [-0.4, -0.2) is 14.8 Å². The number of rotatable bonds is 4. The summed E-state index contributed by atoms with van der Waals surface area (Å²) >= 11 is 0. The molecule has 0 saturated carbocycles. The molecule has 0 bridgehead atoms. The molecule has 2 aromatic rings. The molecule has 0 heterocycles. The maximum Gasteiger partial charge on any atom is 0.573 e. The molecule has 3 nitrogen and oxygen atoms in total. The van der Waals surface area contributed by atoms with E-state index in [-0.39, 0.29) is 0 Å². The Bertz CT molecular complexity index is 786. The van der Waals surface area contributed by atoms with Crippen LogP contribution in [0.25, 0.3) is 0 Å². The summed E-state index contributed by atoms with van der Waals surface area (Å²) in [5.41, 5.74) is -1.39. The van der Waals surface area contributed by atoms with Crippen LogP contribution in [0.5, 0.6) is 5.75 Å². The Morgan fingerprint density at radius 1 is 0.783 bits per heavy atom. The van der Waals surface area contributed by atoms with Crippen molar-refractivity contribution in [3.63, 3.8) is 0 Å². The quantitative estimate of drug-likeness (QED) is 0.778. The first-order valence-electron chi connectivity index (χ1n) is 6.08. The van der Waals surface area contributed by atoms with Crippen molar-refractivity contribution in [2.45, 2.75) is 16.5 Å². The highest BCUT2D eigenvalue weighted by Gasteiger charge is 2.50. The number of hydrogen-bond donors (Lipinski definition) is 0. The second kappa shape index (κ2) is 5.80. The van der Waals surface area contributed by atoms with Crippen LogP contribution in [0.1, 0.15) is 5.56 Å². The van der Waals surface area contributed by atoms with Crippen molar-refractivity contribution < 1.29 is 35.1 Å². The van der Waals surface area contributed by atoms with Crippen LogP contribution in [-0.2, 0) is 15.1 Å². The second-order valence-electron chi connectivity index (χ2n) is 4.38. The van der Waals surface area contributed by atoms with E-state index in [4.69, 9.17) is 0 Å². The van der Waals surface area contributed by atoms with Crippen LogP contribution >= 0.6 is 0 Å². The van der Waals surface area contributed by atoms with Gasteiger partial charge in [-0.1, -0.05) is 30.3 Å². The molecule has 9 heteroatoms. The van der Waals surface area contributed by atoms with E-state index in [1.807, 2.05) is 0 Å². The fourth-order valence-corrected chi connectivity index (χ4v) is 3.08. The molecule has 0 fully saturated rings. The Morgan fingerprint density at radius 2 is 1.30 bits per heavy atom. The zero-order valence-corrected chi connectivity index (χ0v) is 12.0. The molecule has 0 amide bonds. The van der Waals surface area contributed by atoms with Crippen molar-refractivity contribution in [2.24, 2.45) is 0 Å². The molecule has 0 aliphatic carbocycles. The Labute approximate surface area is 128 Å². The SMILES string of the molecule is O=S(=O)(c1ccccc1)C(F)(F)c1ccccc1OC(F)(F)F. The number of hydrogen-bond acceptors (Lipinski definition) is 3. The van der Waals surface area contributed by atoms with Gasteiger partial charge in [0.15, 0.2) is 0 Å². The van der Waals surface area contributed by atoms with Crippen LogP contribution in [0.3, 0.4) is 0 Å². The summed E-state index contributed by atoms with van der Waals surface area (Å²) in [5, 5.41) is -4.60. The van der Waals surface area contributed by atoms with Gasteiger partial charge in [0.2, 0.25) is 9.84 Å². The number of halogens is 5. The van der Waals surface area contributed by atoms with E-state index in [1.165, 1.54) is 18.2 Å². The summed E-state index contributed by atoms with van der Waals surface area (Å²) in [7, 11) is -5.25. The molecule has 0 saturated heterocycles. The highest BCUT2D eigenvalue weighted by Crippen LogP contribution is 2.43. The summed E-state index contributed by atoms with van der Waals surface area (Å²) in [6.45, 7) is 0. The van der Waals surface area contributed by atoms with E-state index in [0.717, 1.165) is 24.3 Å². The normalized spacial score (nSPS) is 12.9. The van der Waals surface area contributed by atoms with Gasteiger partial charge in [-0.15, -0.1) is 13.2 Å². The minimum Gasteiger partial charge on any atom is -0.405 e. The minimum atomic E-state index is -5.25. The maximum atomic E-state index is 14.4. The van der Waals surface area contributed by atoms with Gasteiger partial charge >= 0.3 is 11.6 Å². The van der Waals surface area contributed by atoms with Gasteiger partial charge in [0.1, 0.15) is 5.75 Å². The van der Waals surface area contributed by atoms with Crippen molar-refractivity contribution >= 4 is 9.84 Å². The third kappa shape index (κ3) is 3.44. The number of alkyl halides is 5. The van der Waals surface area contributed by atoms with E-state index >= 15 is 0 Å². The molecule has 0 aromatic heterocycles. The summed E-state index contributed by atoms with van der Waals surface area (Å²) in [5.74, 6) is -1.27. The fourth-order valence-electron chi connectivity index (χ4n) is 1.81. The van der Waals surface area contributed by atoms with Crippen LogP contribution in [0.15, 0.2) is 59.5 Å². The van der Waals surface area contributed by atoms with Crippen molar-refractivity contribution in [1.82, 2.24) is 0 Å². The molecular formula is C14H9F5O3S. The van der Waals surface area contributed by atoms with Gasteiger partial charge < -0.3 is 4.74 Å². The zero-order chi connectivity index (χ0) is 17.3. The average Bonchev–Trinajstić information content (AvgIpc) is 2.46. The standard InChI is InChI=1S/C14H9F5O3S/c15-13(16,23(20,21)10-6-2-1-3-7-10)11-8-4-5-9-12(11)22-14(17,18)19/h1-9H. The van der Waals surface area contributed by atoms with Gasteiger partial charge in [-0.25, -0.2) is 8.42 Å². The fraction of sp³-hybridized carbons (Fsp3) is 0.143. The third-order valence-corrected chi connectivity index (χ3v) is 4.61. The van der Waals surface area contributed by atoms with Gasteiger partial charge in [0.05, 0.1) is 10.5 Å².